The minimum Gasteiger partial charge on any atom is -0.310 e. The molecule has 1 unspecified atom stereocenters. The molecule has 0 radical (unpaired) electrons. The number of thiophene rings is 1. The Kier molecular flexibility index (Phi) is 5.49. The Morgan fingerprint density at radius 1 is 1.41 bits per heavy atom. The number of hydrogen-bond acceptors (Lipinski definition) is 3. The fourth-order valence-electron chi connectivity index (χ4n) is 2.56. The molecular weight excluding hydrogens is 228 g/mol. The lowest BCUT2D eigenvalue weighted by molar-refractivity contribution is 0.282. The second kappa shape index (κ2) is 7.14. The van der Waals surface area contributed by atoms with Crippen molar-refractivity contribution in [2.75, 3.05) is 19.6 Å². The fraction of sp³-hybridized carbons (Fsp3) is 0.714. The van der Waals surface area contributed by atoms with Gasteiger partial charge in [0.05, 0.1) is 0 Å². The molecule has 2 rings (SSSR count). The van der Waals surface area contributed by atoms with E-state index in [0.717, 1.165) is 12.6 Å². The minimum absolute atomic E-state index is 0.719. The van der Waals surface area contributed by atoms with Crippen LogP contribution in [0.4, 0.5) is 0 Å². The molecule has 17 heavy (non-hydrogen) atoms. The van der Waals surface area contributed by atoms with E-state index in [-0.39, 0.29) is 0 Å². The lowest BCUT2D eigenvalue weighted by Crippen LogP contribution is -2.30. The molecular formula is C14H24N2S. The summed E-state index contributed by atoms with van der Waals surface area (Å²) in [6, 6.07) is 2.94. The molecule has 0 aromatic carbocycles. The molecule has 0 aliphatic carbocycles. The number of nitrogens with one attached hydrogen (secondary N) is 1. The second-order valence-corrected chi connectivity index (χ2v) is 5.76. The fourth-order valence-corrected chi connectivity index (χ4v) is 3.22. The Bertz CT molecular complexity index is 297. The van der Waals surface area contributed by atoms with Crippen LogP contribution in [-0.4, -0.2) is 30.6 Å². The van der Waals surface area contributed by atoms with Gasteiger partial charge in [0, 0.05) is 12.6 Å². The summed E-state index contributed by atoms with van der Waals surface area (Å²) < 4.78 is 0. The van der Waals surface area contributed by atoms with Crippen molar-refractivity contribution in [3.63, 3.8) is 0 Å². The second-order valence-electron chi connectivity index (χ2n) is 4.98. The van der Waals surface area contributed by atoms with Crippen molar-refractivity contribution >= 4 is 11.3 Å². The molecule has 0 bridgehead atoms. The number of likely N-dealkylation sites (tertiary alicyclic amines) is 1. The van der Waals surface area contributed by atoms with E-state index in [9.17, 15) is 0 Å². The van der Waals surface area contributed by atoms with Crippen LogP contribution in [0.1, 0.15) is 38.2 Å². The summed E-state index contributed by atoms with van der Waals surface area (Å²) in [5, 5.41) is 8.11. The molecule has 1 fully saturated rings. The molecule has 1 saturated heterocycles. The van der Waals surface area contributed by atoms with Gasteiger partial charge in [0.1, 0.15) is 0 Å². The molecule has 2 nitrogen and oxygen atoms in total. The molecule has 96 valence electrons. The van der Waals surface area contributed by atoms with Crippen molar-refractivity contribution in [2.24, 2.45) is 0 Å². The van der Waals surface area contributed by atoms with Crippen molar-refractivity contribution < 1.29 is 0 Å². The molecule has 0 spiro atoms. The highest BCUT2D eigenvalue weighted by Crippen LogP contribution is 2.13. The monoisotopic (exact) mass is 252 g/mol. The smallest absolute Gasteiger partial charge is 0.0216 e. The predicted molar refractivity (Wildman–Crippen MR) is 75.5 cm³/mol. The van der Waals surface area contributed by atoms with Crippen molar-refractivity contribution in [1.29, 1.82) is 0 Å². The van der Waals surface area contributed by atoms with Crippen molar-refractivity contribution in [3.05, 3.63) is 22.4 Å². The summed E-state index contributed by atoms with van der Waals surface area (Å²) in [6.45, 7) is 7.16. The Morgan fingerprint density at radius 3 is 3.12 bits per heavy atom. The number of nitrogens with zero attached hydrogens (tertiary/aromatic N) is 1. The SMILES string of the molecule is CCCN1CCCC(NCc2ccsc2)CC1. The van der Waals surface area contributed by atoms with Gasteiger partial charge in [0.25, 0.3) is 0 Å². The molecule has 1 aromatic heterocycles. The summed E-state index contributed by atoms with van der Waals surface area (Å²) in [5.74, 6) is 0. The van der Waals surface area contributed by atoms with Crippen LogP contribution in [0, 0.1) is 0 Å². The average molecular weight is 252 g/mol. The molecule has 1 N–H and O–H groups in total. The molecule has 3 heteroatoms. The van der Waals surface area contributed by atoms with Crippen molar-refractivity contribution in [3.8, 4) is 0 Å². The van der Waals surface area contributed by atoms with Crippen LogP contribution in [0.5, 0.6) is 0 Å². The highest BCUT2D eigenvalue weighted by molar-refractivity contribution is 7.07. The molecule has 0 amide bonds. The molecule has 1 aromatic rings. The minimum atomic E-state index is 0.719. The summed E-state index contributed by atoms with van der Waals surface area (Å²) in [7, 11) is 0. The van der Waals surface area contributed by atoms with Gasteiger partial charge in [0.2, 0.25) is 0 Å². The van der Waals surface area contributed by atoms with Gasteiger partial charge >= 0.3 is 0 Å². The Labute approximate surface area is 109 Å². The van der Waals surface area contributed by atoms with Crippen LogP contribution in [-0.2, 0) is 6.54 Å². The molecule has 1 atom stereocenters. The third-order valence-corrected chi connectivity index (χ3v) is 4.27. The van der Waals surface area contributed by atoms with Crippen LogP contribution in [0.15, 0.2) is 16.8 Å². The summed E-state index contributed by atoms with van der Waals surface area (Å²) in [5.41, 5.74) is 1.43. The average Bonchev–Trinajstić information content (AvgIpc) is 2.75. The first-order valence-corrected chi connectivity index (χ1v) is 7.79. The summed E-state index contributed by atoms with van der Waals surface area (Å²) in [6.07, 6.45) is 5.28. The zero-order chi connectivity index (χ0) is 11.9. The first kappa shape index (κ1) is 13.1. The summed E-state index contributed by atoms with van der Waals surface area (Å²) >= 11 is 1.79. The number of rotatable bonds is 5. The maximum atomic E-state index is 3.71. The van der Waals surface area contributed by atoms with E-state index in [1.54, 1.807) is 11.3 Å². The van der Waals surface area contributed by atoms with E-state index in [1.807, 2.05) is 0 Å². The van der Waals surface area contributed by atoms with Gasteiger partial charge in [-0.05, 0) is 67.7 Å². The zero-order valence-corrected chi connectivity index (χ0v) is 11.6. The molecule has 2 heterocycles. The third-order valence-electron chi connectivity index (χ3n) is 3.54. The van der Waals surface area contributed by atoms with Gasteiger partial charge in [0.15, 0.2) is 0 Å². The van der Waals surface area contributed by atoms with Gasteiger partial charge < -0.3 is 10.2 Å². The van der Waals surface area contributed by atoms with Crippen LogP contribution in [0.2, 0.25) is 0 Å². The Balaban J connectivity index is 1.71. The summed E-state index contributed by atoms with van der Waals surface area (Å²) in [4.78, 5) is 2.62. The third kappa shape index (κ3) is 4.41. The van der Waals surface area contributed by atoms with Gasteiger partial charge in [-0.2, -0.15) is 11.3 Å². The zero-order valence-electron chi connectivity index (χ0n) is 10.8. The van der Waals surface area contributed by atoms with E-state index >= 15 is 0 Å². The van der Waals surface area contributed by atoms with Gasteiger partial charge in [-0.25, -0.2) is 0 Å². The highest BCUT2D eigenvalue weighted by atomic mass is 32.1. The lowest BCUT2D eigenvalue weighted by atomic mass is 10.1. The van der Waals surface area contributed by atoms with Gasteiger partial charge in [-0.15, -0.1) is 0 Å². The van der Waals surface area contributed by atoms with E-state index in [0.29, 0.717) is 0 Å². The van der Waals surface area contributed by atoms with E-state index in [1.165, 1.54) is 50.9 Å². The topological polar surface area (TPSA) is 15.3 Å². The Morgan fingerprint density at radius 2 is 2.35 bits per heavy atom. The van der Waals surface area contributed by atoms with Crippen molar-refractivity contribution in [1.82, 2.24) is 10.2 Å². The van der Waals surface area contributed by atoms with Crippen LogP contribution >= 0.6 is 11.3 Å². The van der Waals surface area contributed by atoms with Crippen LogP contribution < -0.4 is 5.32 Å². The first-order chi connectivity index (χ1) is 8.38. The highest BCUT2D eigenvalue weighted by Gasteiger charge is 2.15. The van der Waals surface area contributed by atoms with Crippen molar-refractivity contribution in [2.45, 2.75) is 45.2 Å². The van der Waals surface area contributed by atoms with Gasteiger partial charge in [-0.3, -0.25) is 0 Å². The standard InChI is InChI=1S/C14H24N2S/c1-2-7-16-8-3-4-14(5-9-16)15-11-13-6-10-17-12-13/h6,10,12,14-15H,2-5,7-9,11H2,1H3. The normalized spacial score (nSPS) is 22.5. The predicted octanol–water partition coefficient (Wildman–Crippen LogP) is 3.10. The lowest BCUT2D eigenvalue weighted by Gasteiger charge is -2.19. The maximum Gasteiger partial charge on any atom is 0.0216 e. The maximum absolute atomic E-state index is 3.71. The quantitative estimate of drug-likeness (QED) is 0.866. The van der Waals surface area contributed by atoms with E-state index in [4.69, 9.17) is 0 Å². The largest absolute Gasteiger partial charge is 0.310 e. The van der Waals surface area contributed by atoms with Crippen LogP contribution in [0.3, 0.4) is 0 Å². The molecule has 1 aliphatic heterocycles. The van der Waals surface area contributed by atoms with Gasteiger partial charge in [-0.1, -0.05) is 6.92 Å². The van der Waals surface area contributed by atoms with Crippen LogP contribution in [0.25, 0.3) is 0 Å². The van der Waals surface area contributed by atoms with E-state index in [2.05, 4.69) is 34.0 Å². The molecule has 0 saturated carbocycles. The molecule has 1 aliphatic rings. The first-order valence-electron chi connectivity index (χ1n) is 6.85. The van der Waals surface area contributed by atoms with E-state index < -0.39 is 0 Å². The number of hydrogen-bond donors (Lipinski definition) is 1. The Hall–Kier alpha value is -0.380.